The highest BCUT2D eigenvalue weighted by Gasteiger charge is 2.13. The first kappa shape index (κ1) is 17.5. The minimum Gasteiger partial charge on any atom is -0.321 e. The summed E-state index contributed by atoms with van der Waals surface area (Å²) in [6.45, 7) is 4.32. The molecule has 2 aromatic carbocycles. The molecule has 0 aliphatic rings. The monoisotopic (exact) mass is 345 g/mol. The molecule has 130 valence electrons. The largest absolute Gasteiger partial charge is 0.321 e. The number of benzene rings is 2. The lowest BCUT2D eigenvalue weighted by molar-refractivity contribution is -0.690. The number of hydrogen-bond donors (Lipinski definition) is 1. The molecule has 0 fully saturated rings. The molecule has 3 rings (SSSR count). The van der Waals surface area contributed by atoms with Gasteiger partial charge < -0.3 is 5.32 Å². The minimum absolute atomic E-state index is 0.0673. The van der Waals surface area contributed by atoms with Crippen molar-refractivity contribution in [1.29, 1.82) is 0 Å². The second-order valence-corrected chi connectivity index (χ2v) is 6.04. The number of hydrogen-bond acceptors (Lipinski definition) is 3. The molecule has 5 heteroatoms. The maximum Gasteiger partial charge on any atom is 0.290 e. The van der Waals surface area contributed by atoms with Crippen molar-refractivity contribution in [2.24, 2.45) is 10.2 Å². The Kier molecular flexibility index (Phi) is 5.49. The number of carbonyl (C=O) groups excluding carboxylic acids is 1. The first-order valence-corrected chi connectivity index (χ1v) is 8.44. The highest BCUT2D eigenvalue weighted by Crippen LogP contribution is 2.20. The van der Waals surface area contributed by atoms with E-state index in [-0.39, 0.29) is 12.5 Å². The van der Waals surface area contributed by atoms with E-state index in [1.807, 2.05) is 91.3 Å². The SMILES string of the molecule is Cc1ccc[n+](CC(=O)Nc2ccc(N=Nc3ccccc3)cc2)c1C. The van der Waals surface area contributed by atoms with Crippen LogP contribution in [0.25, 0.3) is 0 Å². The van der Waals surface area contributed by atoms with Crippen molar-refractivity contribution in [1.82, 2.24) is 0 Å². The molecule has 26 heavy (non-hydrogen) atoms. The Morgan fingerprint density at radius 3 is 2.23 bits per heavy atom. The Balaban J connectivity index is 1.61. The van der Waals surface area contributed by atoms with Gasteiger partial charge in [0, 0.05) is 24.2 Å². The van der Waals surface area contributed by atoms with Crippen LogP contribution in [0.15, 0.2) is 83.2 Å². The van der Waals surface area contributed by atoms with E-state index in [2.05, 4.69) is 15.5 Å². The van der Waals surface area contributed by atoms with Crippen molar-refractivity contribution in [3.8, 4) is 0 Å². The summed E-state index contributed by atoms with van der Waals surface area (Å²) in [7, 11) is 0. The summed E-state index contributed by atoms with van der Waals surface area (Å²) in [5.41, 5.74) is 4.51. The number of aryl methyl sites for hydroxylation is 1. The molecule has 0 bridgehead atoms. The summed E-state index contributed by atoms with van der Waals surface area (Å²) < 4.78 is 1.94. The third-order valence-corrected chi connectivity index (χ3v) is 4.12. The topological polar surface area (TPSA) is 57.7 Å². The quantitative estimate of drug-likeness (QED) is 0.531. The fraction of sp³-hybridized carbons (Fsp3) is 0.143. The molecule has 5 nitrogen and oxygen atoms in total. The number of aromatic nitrogens is 1. The van der Waals surface area contributed by atoms with Gasteiger partial charge in [-0.15, -0.1) is 0 Å². The average molecular weight is 345 g/mol. The van der Waals surface area contributed by atoms with Crippen molar-refractivity contribution in [2.45, 2.75) is 20.4 Å². The number of nitrogens with zero attached hydrogens (tertiary/aromatic N) is 3. The van der Waals surface area contributed by atoms with E-state index in [4.69, 9.17) is 0 Å². The van der Waals surface area contributed by atoms with E-state index >= 15 is 0 Å². The molecule has 1 N–H and O–H groups in total. The normalized spacial score (nSPS) is 10.8. The second kappa shape index (κ2) is 8.16. The lowest BCUT2D eigenvalue weighted by Crippen LogP contribution is -2.43. The number of amides is 1. The lowest BCUT2D eigenvalue weighted by atomic mass is 10.2. The van der Waals surface area contributed by atoms with Crippen LogP contribution < -0.4 is 9.88 Å². The number of pyridine rings is 1. The standard InChI is InChI=1S/C21H20N4O/c1-16-7-6-14-25(17(16)2)15-21(26)22-18-10-12-20(13-11-18)24-23-19-8-4-3-5-9-19/h3-14H,15H2,1-2H3/p+1. The van der Waals surface area contributed by atoms with Crippen LogP contribution in [-0.2, 0) is 11.3 Å². The minimum atomic E-state index is -0.0673. The molecule has 0 atom stereocenters. The Hall–Kier alpha value is -3.34. The summed E-state index contributed by atoms with van der Waals surface area (Å²) in [4.78, 5) is 12.3. The van der Waals surface area contributed by atoms with Crippen LogP contribution in [0.2, 0.25) is 0 Å². The molecular weight excluding hydrogens is 324 g/mol. The van der Waals surface area contributed by atoms with E-state index in [0.717, 1.165) is 28.3 Å². The van der Waals surface area contributed by atoms with Crippen LogP contribution in [-0.4, -0.2) is 5.91 Å². The first-order chi connectivity index (χ1) is 12.6. The number of carbonyl (C=O) groups is 1. The van der Waals surface area contributed by atoms with Gasteiger partial charge in [-0.3, -0.25) is 4.79 Å². The van der Waals surface area contributed by atoms with Crippen molar-refractivity contribution in [3.63, 3.8) is 0 Å². The average Bonchev–Trinajstić information content (AvgIpc) is 2.66. The first-order valence-electron chi connectivity index (χ1n) is 8.44. The molecule has 0 unspecified atom stereocenters. The zero-order valence-corrected chi connectivity index (χ0v) is 14.9. The van der Waals surface area contributed by atoms with Gasteiger partial charge in [0.05, 0.1) is 11.4 Å². The molecule has 0 aliphatic heterocycles. The van der Waals surface area contributed by atoms with Crippen molar-refractivity contribution in [3.05, 3.63) is 84.2 Å². The van der Waals surface area contributed by atoms with Gasteiger partial charge in [0.15, 0.2) is 11.9 Å². The summed E-state index contributed by atoms with van der Waals surface area (Å²) in [6.07, 6.45) is 1.91. The predicted octanol–water partition coefficient (Wildman–Crippen LogP) is 4.65. The van der Waals surface area contributed by atoms with Gasteiger partial charge in [-0.25, -0.2) is 0 Å². The summed E-state index contributed by atoms with van der Waals surface area (Å²) in [6, 6.07) is 20.8. The third-order valence-electron chi connectivity index (χ3n) is 4.12. The molecule has 1 amide bonds. The molecule has 0 aliphatic carbocycles. The molecule has 0 saturated carbocycles. The molecule has 1 aromatic heterocycles. The zero-order chi connectivity index (χ0) is 18.4. The van der Waals surface area contributed by atoms with E-state index in [0.29, 0.717) is 0 Å². The highest BCUT2D eigenvalue weighted by molar-refractivity contribution is 5.89. The predicted molar refractivity (Wildman–Crippen MR) is 102 cm³/mol. The Morgan fingerprint density at radius 1 is 0.885 bits per heavy atom. The summed E-state index contributed by atoms with van der Waals surface area (Å²) >= 11 is 0. The maximum absolute atomic E-state index is 12.3. The van der Waals surface area contributed by atoms with Gasteiger partial charge >= 0.3 is 0 Å². The molecule has 0 saturated heterocycles. The molecule has 0 radical (unpaired) electrons. The van der Waals surface area contributed by atoms with Gasteiger partial charge in [-0.1, -0.05) is 18.2 Å². The Labute approximate surface area is 153 Å². The number of nitrogens with one attached hydrogen (secondary N) is 1. The zero-order valence-electron chi connectivity index (χ0n) is 14.9. The van der Waals surface area contributed by atoms with Crippen LogP contribution in [0.4, 0.5) is 17.1 Å². The smallest absolute Gasteiger partial charge is 0.290 e. The van der Waals surface area contributed by atoms with E-state index in [1.165, 1.54) is 0 Å². The number of rotatable bonds is 5. The van der Waals surface area contributed by atoms with Crippen LogP contribution >= 0.6 is 0 Å². The summed E-state index contributed by atoms with van der Waals surface area (Å²) in [5, 5.41) is 11.3. The van der Waals surface area contributed by atoms with Gasteiger partial charge in [0.1, 0.15) is 0 Å². The van der Waals surface area contributed by atoms with Crippen LogP contribution in [0, 0.1) is 13.8 Å². The van der Waals surface area contributed by atoms with E-state index < -0.39 is 0 Å². The molecule has 0 spiro atoms. The van der Waals surface area contributed by atoms with E-state index in [9.17, 15) is 4.79 Å². The van der Waals surface area contributed by atoms with Crippen molar-refractivity contribution in [2.75, 3.05) is 5.32 Å². The van der Waals surface area contributed by atoms with Crippen LogP contribution in [0.5, 0.6) is 0 Å². The van der Waals surface area contributed by atoms with Crippen molar-refractivity contribution >= 4 is 23.0 Å². The molecule has 3 aromatic rings. The molecular formula is C21H21N4O+. The maximum atomic E-state index is 12.3. The third kappa shape index (κ3) is 4.60. The van der Waals surface area contributed by atoms with Gasteiger partial charge in [0.25, 0.3) is 5.91 Å². The molecule has 1 heterocycles. The van der Waals surface area contributed by atoms with Crippen molar-refractivity contribution < 1.29 is 9.36 Å². The summed E-state index contributed by atoms with van der Waals surface area (Å²) in [5.74, 6) is -0.0673. The van der Waals surface area contributed by atoms with Gasteiger partial charge in [-0.2, -0.15) is 14.8 Å². The Bertz CT molecular complexity index is 919. The fourth-order valence-corrected chi connectivity index (χ4v) is 2.50. The second-order valence-electron chi connectivity index (χ2n) is 6.04. The van der Waals surface area contributed by atoms with Gasteiger partial charge in [-0.05, 0) is 49.4 Å². The highest BCUT2D eigenvalue weighted by atomic mass is 16.1. The van der Waals surface area contributed by atoms with E-state index in [1.54, 1.807) is 0 Å². The lowest BCUT2D eigenvalue weighted by Gasteiger charge is -2.05. The van der Waals surface area contributed by atoms with Crippen LogP contribution in [0.1, 0.15) is 11.3 Å². The fourth-order valence-electron chi connectivity index (χ4n) is 2.50. The number of azo groups is 1. The number of anilines is 1. The Morgan fingerprint density at radius 2 is 1.54 bits per heavy atom. The van der Waals surface area contributed by atoms with Crippen LogP contribution in [0.3, 0.4) is 0 Å². The van der Waals surface area contributed by atoms with Gasteiger partial charge in [0.2, 0.25) is 6.54 Å².